The fraction of sp³-hybridized carbons (Fsp3) is 0.478. The number of amides is 1. The summed E-state index contributed by atoms with van der Waals surface area (Å²) in [6, 6.07) is 12.3. The Labute approximate surface area is 162 Å². The van der Waals surface area contributed by atoms with Gasteiger partial charge in [-0.1, -0.05) is 42.7 Å². The number of hydrogen-bond acceptors (Lipinski definition) is 3. The monoisotopic (exact) mass is 363 g/mol. The van der Waals surface area contributed by atoms with E-state index < -0.39 is 0 Å². The van der Waals surface area contributed by atoms with E-state index in [0.29, 0.717) is 0 Å². The molecule has 0 bridgehead atoms. The molecule has 1 aromatic heterocycles. The van der Waals surface area contributed by atoms with Crippen molar-refractivity contribution >= 4 is 5.91 Å². The molecule has 1 aliphatic heterocycles. The van der Waals surface area contributed by atoms with E-state index in [2.05, 4.69) is 46.4 Å². The summed E-state index contributed by atoms with van der Waals surface area (Å²) in [4.78, 5) is 20.2. The van der Waals surface area contributed by atoms with Gasteiger partial charge in [0.15, 0.2) is 0 Å². The molecule has 0 unspecified atom stereocenters. The van der Waals surface area contributed by atoms with Crippen LogP contribution in [0.25, 0.3) is 0 Å². The molecule has 4 rings (SSSR count). The summed E-state index contributed by atoms with van der Waals surface area (Å²) >= 11 is 0. The zero-order valence-electron chi connectivity index (χ0n) is 16.2. The summed E-state index contributed by atoms with van der Waals surface area (Å²) in [6.45, 7) is 4.19. The number of rotatable bonds is 5. The predicted octanol–water partition coefficient (Wildman–Crippen LogP) is 4.00. The maximum Gasteiger partial charge on any atom is 0.241 e. The summed E-state index contributed by atoms with van der Waals surface area (Å²) in [5, 5.41) is 3.42. The van der Waals surface area contributed by atoms with Crippen molar-refractivity contribution in [2.75, 3.05) is 13.1 Å². The molecule has 1 aliphatic carbocycles. The molecular weight excluding hydrogens is 334 g/mol. The van der Waals surface area contributed by atoms with E-state index in [1.807, 2.05) is 12.1 Å². The van der Waals surface area contributed by atoms with Crippen molar-refractivity contribution < 1.29 is 4.79 Å². The molecule has 0 radical (unpaired) electrons. The van der Waals surface area contributed by atoms with Gasteiger partial charge >= 0.3 is 0 Å². The van der Waals surface area contributed by atoms with Crippen LogP contribution >= 0.6 is 0 Å². The second-order valence-electron chi connectivity index (χ2n) is 8.03. The van der Waals surface area contributed by atoms with Crippen molar-refractivity contribution in [1.82, 2.24) is 15.2 Å². The predicted molar refractivity (Wildman–Crippen MR) is 107 cm³/mol. The van der Waals surface area contributed by atoms with Gasteiger partial charge in [-0.15, -0.1) is 0 Å². The number of hydrogen-bond donors (Lipinski definition) is 1. The summed E-state index contributed by atoms with van der Waals surface area (Å²) in [5.74, 6) is 0.198. The third-order valence-corrected chi connectivity index (χ3v) is 6.29. The van der Waals surface area contributed by atoms with Crippen LogP contribution in [0.4, 0.5) is 0 Å². The van der Waals surface area contributed by atoms with Gasteiger partial charge in [0, 0.05) is 12.4 Å². The Bertz CT molecular complexity index is 760. The summed E-state index contributed by atoms with van der Waals surface area (Å²) in [5.41, 5.74) is 3.11. The molecule has 1 saturated heterocycles. The lowest BCUT2D eigenvalue weighted by Crippen LogP contribution is -2.56. The molecule has 2 aliphatic rings. The van der Waals surface area contributed by atoms with Gasteiger partial charge in [-0.25, -0.2) is 0 Å². The average molecular weight is 364 g/mol. The maximum atomic E-state index is 13.6. The number of pyridine rings is 1. The van der Waals surface area contributed by atoms with E-state index in [4.69, 9.17) is 0 Å². The zero-order valence-corrected chi connectivity index (χ0v) is 16.2. The molecule has 2 aromatic rings. The number of carbonyl (C=O) groups excluding carboxylic acids is 1. The van der Waals surface area contributed by atoms with E-state index in [9.17, 15) is 4.79 Å². The first-order valence-corrected chi connectivity index (χ1v) is 10.2. The van der Waals surface area contributed by atoms with Crippen LogP contribution in [0.1, 0.15) is 61.3 Å². The SMILES string of the molecule is Cc1ccc([C@@H](NC(=O)C2(N3CCCC3)CCCC2)c2ccncc2)cc1. The molecule has 27 heavy (non-hydrogen) atoms. The van der Waals surface area contributed by atoms with Crippen molar-refractivity contribution in [2.45, 2.75) is 57.0 Å². The minimum Gasteiger partial charge on any atom is -0.344 e. The standard InChI is InChI=1S/C23H29N3O/c1-18-6-8-19(9-7-18)21(20-10-14-24-15-11-20)25-22(27)23(12-2-3-13-23)26-16-4-5-17-26/h6-11,14-15,21H,2-5,12-13,16-17H2,1H3,(H,25,27)/t21-/m1/s1. The molecule has 1 aromatic carbocycles. The molecule has 2 fully saturated rings. The molecule has 0 spiro atoms. The molecule has 2 heterocycles. The van der Waals surface area contributed by atoms with Gasteiger partial charge in [0.2, 0.25) is 5.91 Å². The topological polar surface area (TPSA) is 45.2 Å². The smallest absolute Gasteiger partial charge is 0.241 e. The van der Waals surface area contributed by atoms with Crippen LogP contribution in [0.5, 0.6) is 0 Å². The third kappa shape index (κ3) is 3.63. The van der Waals surface area contributed by atoms with Gasteiger partial charge < -0.3 is 5.32 Å². The van der Waals surface area contributed by atoms with E-state index in [-0.39, 0.29) is 17.5 Å². The van der Waals surface area contributed by atoms with Gasteiger partial charge in [-0.2, -0.15) is 0 Å². The Morgan fingerprint density at radius 3 is 2.19 bits per heavy atom. The van der Waals surface area contributed by atoms with Crippen molar-refractivity contribution in [3.63, 3.8) is 0 Å². The van der Waals surface area contributed by atoms with Crippen LogP contribution in [-0.4, -0.2) is 34.4 Å². The van der Waals surface area contributed by atoms with Crippen LogP contribution in [0.3, 0.4) is 0 Å². The molecule has 4 nitrogen and oxygen atoms in total. The lowest BCUT2D eigenvalue weighted by atomic mass is 9.91. The minimum absolute atomic E-state index is 0.138. The maximum absolute atomic E-state index is 13.6. The average Bonchev–Trinajstić information content (AvgIpc) is 3.40. The Balaban J connectivity index is 1.64. The van der Waals surface area contributed by atoms with Crippen molar-refractivity contribution in [1.29, 1.82) is 0 Å². The Morgan fingerprint density at radius 2 is 1.56 bits per heavy atom. The highest BCUT2D eigenvalue weighted by molar-refractivity contribution is 5.87. The van der Waals surface area contributed by atoms with E-state index in [1.54, 1.807) is 12.4 Å². The lowest BCUT2D eigenvalue weighted by molar-refractivity contribution is -0.133. The first kappa shape index (κ1) is 18.2. The molecule has 1 atom stereocenters. The normalized spacial score (nSPS) is 20.5. The highest BCUT2D eigenvalue weighted by atomic mass is 16.2. The minimum atomic E-state index is -0.313. The van der Waals surface area contributed by atoms with Gasteiger partial charge in [-0.3, -0.25) is 14.7 Å². The molecule has 1 saturated carbocycles. The van der Waals surface area contributed by atoms with Gasteiger partial charge in [0.25, 0.3) is 0 Å². The zero-order chi connectivity index (χ0) is 18.7. The molecule has 1 N–H and O–H groups in total. The second-order valence-corrected chi connectivity index (χ2v) is 8.03. The number of likely N-dealkylation sites (tertiary alicyclic amines) is 1. The fourth-order valence-corrected chi connectivity index (χ4v) is 4.73. The number of aryl methyl sites for hydroxylation is 1. The first-order chi connectivity index (χ1) is 13.2. The Kier molecular flexibility index (Phi) is 5.26. The van der Waals surface area contributed by atoms with Gasteiger partial charge in [0.05, 0.1) is 6.04 Å². The Morgan fingerprint density at radius 1 is 0.963 bits per heavy atom. The van der Waals surface area contributed by atoms with E-state index in [1.165, 1.54) is 18.4 Å². The van der Waals surface area contributed by atoms with Crippen molar-refractivity contribution in [2.24, 2.45) is 0 Å². The number of nitrogens with one attached hydrogen (secondary N) is 1. The van der Waals surface area contributed by atoms with Crippen LogP contribution in [0.15, 0.2) is 48.8 Å². The number of carbonyl (C=O) groups is 1. The summed E-state index contributed by atoms with van der Waals surface area (Å²) in [7, 11) is 0. The van der Waals surface area contributed by atoms with Crippen LogP contribution in [-0.2, 0) is 4.79 Å². The summed E-state index contributed by atoms with van der Waals surface area (Å²) < 4.78 is 0. The van der Waals surface area contributed by atoms with Crippen molar-refractivity contribution in [3.05, 3.63) is 65.5 Å². The molecular formula is C23H29N3O. The van der Waals surface area contributed by atoms with E-state index >= 15 is 0 Å². The molecule has 1 amide bonds. The van der Waals surface area contributed by atoms with Crippen molar-refractivity contribution in [3.8, 4) is 0 Å². The quantitative estimate of drug-likeness (QED) is 0.873. The summed E-state index contributed by atoms with van der Waals surface area (Å²) in [6.07, 6.45) is 10.3. The first-order valence-electron chi connectivity index (χ1n) is 10.2. The lowest BCUT2D eigenvalue weighted by Gasteiger charge is -2.38. The molecule has 142 valence electrons. The number of aromatic nitrogens is 1. The van der Waals surface area contributed by atoms with Gasteiger partial charge in [-0.05, 0) is 69.0 Å². The van der Waals surface area contributed by atoms with Gasteiger partial charge in [0.1, 0.15) is 5.54 Å². The van der Waals surface area contributed by atoms with Crippen LogP contribution in [0.2, 0.25) is 0 Å². The third-order valence-electron chi connectivity index (χ3n) is 6.29. The fourth-order valence-electron chi connectivity index (χ4n) is 4.73. The molecule has 4 heteroatoms. The van der Waals surface area contributed by atoms with Crippen LogP contribution in [0, 0.1) is 6.92 Å². The highest BCUT2D eigenvalue weighted by Gasteiger charge is 2.47. The van der Waals surface area contributed by atoms with E-state index in [0.717, 1.165) is 49.9 Å². The second kappa shape index (κ2) is 7.81. The number of nitrogens with zero attached hydrogens (tertiary/aromatic N) is 2. The number of benzene rings is 1. The largest absolute Gasteiger partial charge is 0.344 e. The highest BCUT2D eigenvalue weighted by Crippen LogP contribution is 2.38. The van der Waals surface area contributed by atoms with Crippen LogP contribution < -0.4 is 5.32 Å². The Hall–Kier alpha value is -2.20.